The monoisotopic (exact) mass is 334 g/mol. The Hall–Kier alpha value is -2.44. The first-order valence-corrected chi connectivity index (χ1v) is 8.01. The van der Waals surface area contributed by atoms with Crippen LogP contribution in [0.25, 0.3) is 0 Å². The molecule has 0 spiro atoms. The molecule has 7 heteroatoms. The summed E-state index contributed by atoms with van der Waals surface area (Å²) in [4.78, 5) is 26.2. The Morgan fingerprint density at radius 3 is 2.83 bits per heavy atom. The van der Waals surface area contributed by atoms with Gasteiger partial charge in [-0.25, -0.2) is 4.79 Å². The zero-order valence-corrected chi connectivity index (χ0v) is 14.1. The molecule has 1 aromatic carbocycles. The first-order valence-electron chi connectivity index (χ1n) is 8.01. The van der Waals surface area contributed by atoms with E-state index in [1.54, 1.807) is 23.1 Å². The molecule has 1 aromatic rings. The smallest absolute Gasteiger partial charge is 0.410 e. The van der Waals surface area contributed by atoms with Gasteiger partial charge in [0, 0.05) is 19.1 Å². The molecule has 0 saturated carbocycles. The number of likely N-dealkylation sites (tertiary alicyclic amines) is 1. The van der Waals surface area contributed by atoms with E-state index in [-0.39, 0.29) is 24.8 Å². The largest absolute Gasteiger partial charge is 0.454 e. The maximum Gasteiger partial charge on any atom is 0.410 e. The first kappa shape index (κ1) is 16.4. The molecule has 0 bridgehead atoms. The molecule has 1 unspecified atom stereocenters. The molecule has 1 atom stereocenters. The molecule has 1 N–H and O–H groups in total. The lowest BCUT2D eigenvalue weighted by Gasteiger charge is -2.24. The van der Waals surface area contributed by atoms with Gasteiger partial charge in [0.15, 0.2) is 11.5 Å². The van der Waals surface area contributed by atoms with E-state index in [1.165, 1.54) is 0 Å². The molecule has 0 aromatic heterocycles. The van der Waals surface area contributed by atoms with E-state index in [9.17, 15) is 9.59 Å². The van der Waals surface area contributed by atoms with Crippen LogP contribution in [0.4, 0.5) is 4.79 Å². The van der Waals surface area contributed by atoms with Crippen LogP contribution < -0.4 is 14.8 Å². The summed E-state index contributed by atoms with van der Waals surface area (Å²) < 4.78 is 16.0. The van der Waals surface area contributed by atoms with Gasteiger partial charge in [0.1, 0.15) is 5.60 Å². The molecule has 2 aliphatic rings. The van der Waals surface area contributed by atoms with E-state index >= 15 is 0 Å². The Balaban J connectivity index is 1.59. The average molecular weight is 334 g/mol. The summed E-state index contributed by atoms with van der Waals surface area (Å²) in [5, 5.41) is 2.95. The summed E-state index contributed by atoms with van der Waals surface area (Å²) in [6.45, 7) is 6.61. The lowest BCUT2D eigenvalue weighted by molar-refractivity contribution is 0.0290. The second kappa shape index (κ2) is 6.22. The number of benzene rings is 1. The third kappa shape index (κ3) is 3.55. The van der Waals surface area contributed by atoms with E-state index in [2.05, 4.69) is 5.32 Å². The number of rotatable bonds is 2. The van der Waals surface area contributed by atoms with E-state index in [0.29, 0.717) is 36.6 Å². The topological polar surface area (TPSA) is 77.1 Å². The molecule has 1 saturated heterocycles. The number of carbonyl (C=O) groups excluding carboxylic acids is 2. The van der Waals surface area contributed by atoms with E-state index in [0.717, 1.165) is 0 Å². The number of nitrogens with one attached hydrogen (secondary N) is 1. The van der Waals surface area contributed by atoms with Crippen LogP contribution in [0.3, 0.4) is 0 Å². The van der Waals surface area contributed by atoms with E-state index in [4.69, 9.17) is 14.2 Å². The van der Waals surface area contributed by atoms with Gasteiger partial charge in [-0.3, -0.25) is 4.79 Å². The molecular weight excluding hydrogens is 312 g/mol. The number of para-hydroxylation sites is 1. The van der Waals surface area contributed by atoms with Gasteiger partial charge in [0.05, 0.1) is 5.56 Å². The molecule has 130 valence electrons. The third-order valence-corrected chi connectivity index (χ3v) is 3.82. The molecule has 3 rings (SSSR count). The highest BCUT2D eigenvalue weighted by Gasteiger charge is 2.31. The highest BCUT2D eigenvalue weighted by atomic mass is 16.7. The Labute approximate surface area is 140 Å². The summed E-state index contributed by atoms with van der Waals surface area (Å²) in [5.74, 6) is 0.815. The Bertz CT molecular complexity index is 653. The van der Waals surface area contributed by atoms with Gasteiger partial charge in [-0.1, -0.05) is 6.07 Å². The van der Waals surface area contributed by atoms with Crippen LogP contribution in [0.5, 0.6) is 11.5 Å². The van der Waals surface area contributed by atoms with Crippen molar-refractivity contribution in [2.75, 3.05) is 19.9 Å². The maximum absolute atomic E-state index is 12.5. The number of fused-ring (bicyclic) bond motifs is 1. The molecule has 1 fully saturated rings. The molecular formula is C17H22N2O5. The second-order valence-corrected chi connectivity index (χ2v) is 6.92. The summed E-state index contributed by atoms with van der Waals surface area (Å²) in [6.07, 6.45) is 0.341. The van der Waals surface area contributed by atoms with Crippen molar-refractivity contribution < 1.29 is 23.8 Å². The Morgan fingerprint density at radius 1 is 1.29 bits per heavy atom. The fourth-order valence-corrected chi connectivity index (χ4v) is 2.74. The minimum absolute atomic E-state index is 0.108. The molecule has 0 aliphatic carbocycles. The van der Waals surface area contributed by atoms with Crippen molar-refractivity contribution in [3.05, 3.63) is 23.8 Å². The summed E-state index contributed by atoms with van der Waals surface area (Å²) in [7, 11) is 0. The van der Waals surface area contributed by atoms with Crippen LogP contribution in [0.15, 0.2) is 18.2 Å². The normalized spacial score (nSPS) is 19.3. The van der Waals surface area contributed by atoms with Crippen LogP contribution in [0.1, 0.15) is 37.6 Å². The zero-order chi connectivity index (χ0) is 17.3. The van der Waals surface area contributed by atoms with Crippen LogP contribution >= 0.6 is 0 Å². The van der Waals surface area contributed by atoms with Gasteiger partial charge in [0.25, 0.3) is 5.91 Å². The summed E-state index contributed by atoms with van der Waals surface area (Å²) >= 11 is 0. The van der Waals surface area contributed by atoms with Gasteiger partial charge in [0.2, 0.25) is 6.79 Å². The number of hydrogen-bond donors (Lipinski definition) is 1. The first-order chi connectivity index (χ1) is 11.3. The maximum atomic E-state index is 12.5. The van der Waals surface area contributed by atoms with Crippen molar-refractivity contribution in [1.29, 1.82) is 0 Å². The number of amides is 2. The minimum Gasteiger partial charge on any atom is -0.454 e. The van der Waals surface area contributed by atoms with Gasteiger partial charge >= 0.3 is 6.09 Å². The lowest BCUT2D eigenvalue weighted by atomic mass is 10.1. The molecule has 2 aliphatic heterocycles. The van der Waals surface area contributed by atoms with Gasteiger partial charge in [-0.15, -0.1) is 0 Å². The predicted molar refractivity (Wildman–Crippen MR) is 86.2 cm³/mol. The Morgan fingerprint density at radius 2 is 2.08 bits per heavy atom. The highest BCUT2D eigenvalue weighted by molar-refractivity contribution is 5.98. The molecule has 0 radical (unpaired) electrons. The third-order valence-electron chi connectivity index (χ3n) is 3.82. The molecule has 7 nitrogen and oxygen atoms in total. The van der Waals surface area contributed by atoms with Crippen molar-refractivity contribution in [3.8, 4) is 11.5 Å². The van der Waals surface area contributed by atoms with Crippen molar-refractivity contribution in [3.63, 3.8) is 0 Å². The van der Waals surface area contributed by atoms with Gasteiger partial charge < -0.3 is 24.4 Å². The van der Waals surface area contributed by atoms with E-state index in [1.807, 2.05) is 20.8 Å². The lowest BCUT2D eigenvalue weighted by Crippen LogP contribution is -2.40. The summed E-state index contributed by atoms with van der Waals surface area (Å²) in [6, 6.07) is 5.11. The van der Waals surface area contributed by atoms with Crippen molar-refractivity contribution in [2.24, 2.45) is 0 Å². The van der Waals surface area contributed by atoms with Crippen LogP contribution in [0, 0.1) is 0 Å². The van der Waals surface area contributed by atoms with Crippen molar-refractivity contribution >= 4 is 12.0 Å². The highest BCUT2D eigenvalue weighted by Crippen LogP contribution is 2.35. The molecule has 24 heavy (non-hydrogen) atoms. The van der Waals surface area contributed by atoms with Crippen LogP contribution in [-0.2, 0) is 4.74 Å². The fourth-order valence-electron chi connectivity index (χ4n) is 2.74. The molecule has 2 amide bonds. The number of hydrogen-bond acceptors (Lipinski definition) is 5. The minimum atomic E-state index is -0.527. The second-order valence-electron chi connectivity index (χ2n) is 6.92. The standard InChI is InChI=1S/C17H22N2O5/c1-17(2,3)24-16(21)19-8-7-11(9-19)18-15(20)12-5-4-6-13-14(12)23-10-22-13/h4-6,11H,7-10H2,1-3H3,(H,18,20). The van der Waals surface area contributed by atoms with Crippen LogP contribution in [-0.4, -0.2) is 48.4 Å². The van der Waals surface area contributed by atoms with Gasteiger partial charge in [-0.05, 0) is 39.3 Å². The van der Waals surface area contributed by atoms with Crippen molar-refractivity contribution in [1.82, 2.24) is 10.2 Å². The van der Waals surface area contributed by atoms with Crippen molar-refractivity contribution in [2.45, 2.75) is 38.8 Å². The fraction of sp³-hybridized carbons (Fsp3) is 0.529. The van der Waals surface area contributed by atoms with E-state index < -0.39 is 5.60 Å². The Kier molecular flexibility index (Phi) is 4.26. The molecule has 2 heterocycles. The predicted octanol–water partition coefficient (Wildman–Crippen LogP) is 2.15. The average Bonchev–Trinajstić information content (AvgIpc) is 3.13. The van der Waals surface area contributed by atoms with Gasteiger partial charge in [-0.2, -0.15) is 0 Å². The zero-order valence-electron chi connectivity index (χ0n) is 14.1. The number of carbonyl (C=O) groups is 2. The van der Waals surface area contributed by atoms with Crippen LogP contribution in [0.2, 0.25) is 0 Å². The summed E-state index contributed by atoms with van der Waals surface area (Å²) in [5.41, 5.74) is -0.0823. The number of ether oxygens (including phenoxy) is 3. The quantitative estimate of drug-likeness (QED) is 0.897. The number of nitrogens with zero attached hydrogens (tertiary/aromatic N) is 1. The SMILES string of the molecule is CC(C)(C)OC(=O)N1CCC(NC(=O)c2cccc3c2OCO3)C1.